The molecule has 1 fully saturated rings. The fourth-order valence-corrected chi connectivity index (χ4v) is 2.65. The Kier molecular flexibility index (Phi) is 4.65. The fraction of sp³-hybridized carbons (Fsp3) is 0.267. The number of hydrogen-bond donors (Lipinski definition) is 1. The summed E-state index contributed by atoms with van der Waals surface area (Å²) >= 11 is 3.36. The lowest BCUT2D eigenvalue weighted by Gasteiger charge is -2.27. The number of carbonyl (C=O) groups is 1. The Hall–Kier alpha value is -1.99. The number of nitrogens with one attached hydrogen (secondary N) is 1. The molecule has 0 saturated carbocycles. The predicted molar refractivity (Wildman–Crippen MR) is 87.2 cm³/mol. The van der Waals surface area contributed by atoms with Crippen LogP contribution in [0.5, 0.6) is 0 Å². The highest BCUT2D eigenvalue weighted by molar-refractivity contribution is 9.10. The number of anilines is 2. The second-order valence-corrected chi connectivity index (χ2v) is 5.66. The van der Waals surface area contributed by atoms with Crippen LogP contribution in [0, 0.1) is 0 Å². The molecule has 114 valence electrons. The van der Waals surface area contributed by atoms with Crippen LogP contribution in [-0.2, 0) is 4.74 Å². The van der Waals surface area contributed by atoms with Gasteiger partial charge in [-0.3, -0.25) is 4.79 Å². The van der Waals surface area contributed by atoms with Crippen molar-refractivity contribution < 1.29 is 9.53 Å². The number of aromatic nitrogens is 2. The third-order valence-corrected chi connectivity index (χ3v) is 4.04. The molecule has 1 amide bonds. The van der Waals surface area contributed by atoms with Gasteiger partial charge in [-0.15, -0.1) is 10.2 Å². The van der Waals surface area contributed by atoms with Crippen LogP contribution in [0.1, 0.15) is 10.4 Å². The number of amides is 1. The number of morpholine rings is 1. The van der Waals surface area contributed by atoms with Crippen LogP contribution < -0.4 is 10.2 Å². The second kappa shape index (κ2) is 6.85. The first-order chi connectivity index (χ1) is 10.7. The van der Waals surface area contributed by atoms with Crippen molar-refractivity contribution in [2.24, 2.45) is 0 Å². The van der Waals surface area contributed by atoms with E-state index in [0.29, 0.717) is 24.6 Å². The third kappa shape index (κ3) is 3.42. The average molecular weight is 363 g/mol. The Morgan fingerprint density at radius 2 is 1.91 bits per heavy atom. The van der Waals surface area contributed by atoms with Crippen molar-refractivity contribution >= 4 is 33.5 Å². The van der Waals surface area contributed by atoms with Crippen molar-refractivity contribution in [2.45, 2.75) is 0 Å². The number of carbonyl (C=O) groups excluding carboxylic acids is 1. The van der Waals surface area contributed by atoms with E-state index in [9.17, 15) is 4.79 Å². The molecule has 2 heterocycles. The standard InChI is InChI=1S/C15H15BrN4O2/c16-12-4-2-1-3-11(12)15(21)17-13-5-6-14(19-18-13)20-7-9-22-10-8-20/h1-6H,7-10H2,(H,17,18,21). The Morgan fingerprint density at radius 1 is 1.14 bits per heavy atom. The number of halogens is 1. The van der Waals surface area contributed by atoms with Gasteiger partial charge in [-0.25, -0.2) is 0 Å². The molecule has 7 heteroatoms. The van der Waals surface area contributed by atoms with Crippen LogP contribution >= 0.6 is 15.9 Å². The van der Waals surface area contributed by atoms with Gasteiger partial charge in [0.15, 0.2) is 11.6 Å². The van der Waals surface area contributed by atoms with Crippen LogP contribution in [0.15, 0.2) is 40.9 Å². The van der Waals surface area contributed by atoms with E-state index in [0.717, 1.165) is 23.4 Å². The zero-order chi connectivity index (χ0) is 15.4. The average Bonchev–Trinajstić information content (AvgIpc) is 2.57. The molecule has 1 aromatic heterocycles. The molecular formula is C15H15BrN4O2. The summed E-state index contributed by atoms with van der Waals surface area (Å²) in [6.45, 7) is 3.00. The summed E-state index contributed by atoms with van der Waals surface area (Å²) in [7, 11) is 0. The highest BCUT2D eigenvalue weighted by Crippen LogP contribution is 2.18. The van der Waals surface area contributed by atoms with Gasteiger partial charge in [0.05, 0.1) is 18.8 Å². The highest BCUT2D eigenvalue weighted by Gasteiger charge is 2.14. The minimum absolute atomic E-state index is 0.221. The van der Waals surface area contributed by atoms with E-state index >= 15 is 0 Å². The molecule has 1 aromatic carbocycles. The molecule has 0 unspecified atom stereocenters. The van der Waals surface area contributed by atoms with Crippen LogP contribution in [0.2, 0.25) is 0 Å². The minimum Gasteiger partial charge on any atom is -0.378 e. The zero-order valence-corrected chi connectivity index (χ0v) is 13.4. The summed E-state index contributed by atoms with van der Waals surface area (Å²) in [6.07, 6.45) is 0. The molecular weight excluding hydrogens is 348 g/mol. The number of rotatable bonds is 3. The number of hydrogen-bond acceptors (Lipinski definition) is 5. The van der Waals surface area contributed by atoms with E-state index in [1.807, 2.05) is 24.3 Å². The monoisotopic (exact) mass is 362 g/mol. The van der Waals surface area contributed by atoms with E-state index in [1.165, 1.54) is 0 Å². The molecule has 1 N–H and O–H groups in total. The molecule has 22 heavy (non-hydrogen) atoms. The van der Waals surface area contributed by atoms with Crippen LogP contribution in [0.3, 0.4) is 0 Å². The molecule has 1 aliphatic rings. The van der Waals surface area contributed by atoms with Gasteiger partial charge in [0, 0.05) is 17.6 Å². The Labute approximate surface area is 136 Å². The Morgan fingerprint density at radius 3 is 2.59 bits per heavy atom. The second-order valence-electron chi connectivity index (χ2n) is 4.81. The molecule has 0 atom stereocenters. The lowest BCUT2D eigenvalue weighted by molar-refractivity contribution is 0.102. The molecule has 0 radical (unpaired) electrons. The lowest BCUT2D eigenvalue weighted by Crippen LogP contribution is -2.36. The van der Waals surface area contributed by atoms with Crippen LogP contribution in [0.25, 0.3) is 0 Å². The lowest BCUT2D eigenvalue weighted by atomic mass is 10.2. The number of ether oxygens (including phenoxy) is 1. The summed E-state index contributed by atoms with van der Waals surface area (Å²) in [5.41, 5.74) is 0.557. The number of benzene rings is 1. The van der Waals surface area contributed by atoms with Gasteiger partial charge < -0.3 is 15.0 Å². The van der Waals surface area contributed by atoms with Gasteiger partial charge in [0.2, 0.25) is 0 Å². The molecule has 0 bridgehead atoms. The quantitative estimate of drug-likeness (QED) is 0.907. The van der Waals surface area contributed by atoms with Crippen LogP contribution in [0.4, 0.5) is 11.6 Å². The van der Waals surface area contributed by atoms with Crippen molar-refractivity contribution in [2.75, 3.05) is 36.5 Å². The topological polar surface area (TPSA) is 67.4 Å². The molecule has 2 aromatic rings. The van der Waals surface area contributed by atoms with Gasteiger partial charge >= 0.3 is 0 Å². The fourth-order valence-electron chi connectivity index (χ4n) is 2.18. The van der Waals surface area contributed by atoms with Gasteiger partial charge in [-0.2, -0.15) is 0 Å². The van der Waals surface area contributed by atoms with Gasteiger partial charge in [-0.05, 0) is 40.2 Å². The molecule has 0 aliphatic carbocycles. The van der Waals surface area contributed by atoms with E-state index in [1.54, 1.807) is 12.1 Å². The maximum absolute atomic E-state index is 12.2. The van der Waals surface area contributed by atoms with Crippen molar-refractivity contribution in [1.29, 1.82) is 0 Å². The van der Waals surface area contributed by atoms with Crippen LogP contribution in [-0.4, -0.2) is 42.4 Å². The van der Waals surface area contributed by atoms with Gasteiger partial charge in [0.25, 0.3) is 5.91 Å². The van der Waals surface area contributed by atoms with E-state index in [2.05, 4.69) is 36.3 Å². The normalized spacial score (nSPS) is 14.7. The van der Waals surface area contributed by atoms with Crippen molar-refractivity contribution in [1.82, 2.24) is 10.2 Å². The molecule has 1 saturated heterocycles. The van der Waals surface area contributed by atoms with Crippen molar-refractivity contribution in [3.05, 3.63) is 46.4 Å². The molecule has 6 nitrogen and oxygen atoms in total. The van der Waals surface area contributed by atoms with Crippen molar-refractivity contribution in [3.8, 4) is 0 Å². The predicted octanol–water partition coefficient (Wildman–Crippen LogP) is 2.33. The maximum atomic E-state index is 12.2. The molecule has 1 aliphatic heterocycles. The molecule has 3 rings (SSSR count). The first-order valence-corrected chi connectivity index (χ1v) is 7.75. The minimum atomic E-state index is -0.221. The van der Waals surface area contributed by atoms with Crippen molar-refractivity contribution in [3.63, 3.8) is 0 Å². The van der Waals surface area contributed by atoms with E-state index < -0.39 is 0 Å². The number of nitrogens with zero attached hydrogens (tertiary/aromatic N) is 3. The maximum Gasteiger partial charge on any atom is 0.258 e. The summed E-state index contributed by atoms with van der Waals surface area (Å²) in [6, 6.07) is 10.8. The Bertz CT molecular complexity index is 657. The summed E-state index contributed by atoms with van der Waals surface area (Å²) in [5, 5.41) is 11.0. The first-order valence-electron chi connectivity index (χ1n) is 6.96. The highest BCUT2D eigenvalue weighted by atomic mass is 79.9. The van der Waals surface area contributed by atoms with E-state index in [4.69, 9.17) is 4.74 Å². The first kappa shape index (κ1) is 14.9. The SMILES string of the molecule is O=C(Nc1ccc(N2CCOCC2)nn1)c1ccccc1Br. The summed E-state index contributed by atoms with van der Waals surface area (Å²) in [5.74, 6) is 1.00. The summed E-state index contributed by atoms with van der Waals surface area (Å²) in [4.78, 5) is 14.3. The third-order valence-electron chi connectivity index (χ3n) is 3.35. The zero-order valence-electron chi connectivity index (χ0n) is 11.8. The van der Waals surface area contributed by atoms with Gasteiger partial charge in [0.1, 0.15) is 0 Å². The molecule has 0 spiro atoms. The van der Waals surface area contributed by atoms with Gasteiger partial charge in [-0.1, -0.05) is 12.1 Å². The largest absolute Gasteiger partial charge is 0.378 e. The van der Waals surface area contributed by atoms with E-state index in [-0.39, 0.29) is 5.91 Å². The summed E-state index contributed by atoms with van der Waals surface area (Å²) < 4.78 is 6.05. The Balaban J connectivity index is 1.68. The smallest absolute Gasteiger partial charge is 0.258 e.